The molecule has 1 aliphatic rings. The van der Waals surface area contributed by atoms with Crippen molar-refractivity contribution in [1.82, 2.24) is 20.3 Å². The summed E-state index contributed by atoms with van der Waals surface area (Å²) in [4.78, 5) is 4.14. The van der Waals surface area contributed by atoms with E-state index in [2.05, 4.69) is 20.3 Å². The highest BCUT2D eigenvalue weighted by atomic mass is 19.4. The van der Waals surface area contributed by atoms with Gasteiger partial charge in [-0.2, -0.15) is 23.3 Å². The maximum Gasteiger partial charge on any atom is 0.416 e. The molecule has 1 saturated carbocycles. The summed E-state index contributed by atoms with van der Waals surface area (Å²) in [7, 11) is 0. The Bertz CT molecular complexity index is 848. The summed E-state index contributed by atoms with van der Waals surface area (Å²) in [5.74, 6) is 0.782. The van der Waals surface area contributed by atoms with Crippen molar-refractivity contribution in [2.45, 2.75) is 24.9 Å². The molecule has 0 atom stereocenters. The van der Waals surface area contributed by atoms with Crippen molar-refractivity contribution in [3.8, 4) is 23.0 Å². The summed E-state index contributed by atoms with van der Waals surface area (Å²) in [5.41, 5.74) is 1.00. The maximum atomic E-state index is 12.8. The Kier molecular flexibility index (Phi) is 3.00. The molecule has 3 aromatic rings. The molecule has 1 aliphatic carbocycles. The molecule has 0 unspecified atom stereocenters. The van der Waals surface area contributed by atoms with Crippen molar-refractivity contribution < 1.29 is 17.7 Å². The second-order valence-corrected chi connectivity index (χ2v) is 5.48. The molecule has 2 heterocycles. The third-order valence-electron chi connectivity index (χ3n) is 3.71. The van der Waals surface area contributed by atoms with E-state index < -0.39 is 11.7 Å². The van der Waals surface area contributed by atoms with Gasteiger partial charge in [-0.05, 0) is 31.0 Å². The van der Waals surface area contributed by atoms with Crippen LogP contribution < -0.4 is 0 Å². The molecule has 4 rings (SSSR count). The van der Waals surface area contributed by atoms with E-state index in [0.717, 1.165) is 30.7 Å². The average molecular weight is 320 g/mol. The van der Waals surface area contributed by atoms with Gasteiger partial charge in [-0.1, -0.05) is 17.3 Å². The Morgan fingerprint density at radius 1 is 1.17 bits per heavy atom. The topological polar surface area (TPSA) is 67.6 Å². The molecule has 0 amide bonds. The van der Waals surface area contributed by atoms with Crippen molar-refractivity contribution in [1.29, 1.82) is 0 Å². The number of hydrogen-bond donors (Lipinski definition) is 1. The third kappa shape index (κ3) is 2.71. The van der Waals surface area contributed by atoms with Gasteiger partial charge in [0.2, 0.25) is 5.82 Å². The average Bonchev–Trinajstić information content (AvgIpc) is 3.07. The molecule has 1 aromatic carbocycles. The predicted octanol–water partition coefficient (Wildman–Crippen LogP) is 4.02. The van der Waals surface area contributed by atoms with Crippen molar-refractivity contribution >= 4 is 0 Å². The third-order valence-corrected chi connectivity index (χ3v) is 3.71. The molecule has 0 saturated heterocycles. The minimum Gasteiger partial charge on any atom is -0.332 e. The zero-order valence-corrected chi connectivity index (χ0v) is 11.8. The number of alkyl halides is 3. The van der Waals surface area contributed by atoms with Crippen molar-refractivity contribution in [2.24, 2.45) is 0 Å². The van der Waals surface area contributed by atoms with E-state index in [1.165, 1.54) is 12.1 Å². The van der Waals surface area contributed by atoms with Crippen molar-refractivity contribution in [2.75, 3.05) is 0 Å². The lowest BCUT2D eigenvalue weighted by Gasteiger charge is -2.06. The number of nitrogens with zero attached hydrogens (tertiary/aromatic N) is 3. The number of benzene rings is 1. The first-order chi connectivity index (χ1) is 11.0. The van der Waals surface area contributed by atoms with Crippen LogP contribution in [0, 0.1) is 0 Å². The van der Waals surface area contributed by atoms with Crippen LogP contribution in [-0.2, 0) is 6.18 Å². The number of aromatic nitrogens is 4. The van der Waals surface area contributed by atoms with Gasteiger partial charge in [0.15, 0.2) is 5.69 Å². The summed E-state index contributed by atoms with van der Waals surface area (Å²) >= 11 is 0. The summed E-state index contributed by atoms with van der Waals surface area (Å²) in [6.45, 7) is 0. The minimum absolute atomic E-state index is 0.0991. The maximum absolute atomic E-state index is 12.8. The first-order valence-electron chi connectivity index (χ1n) is 7.08. The smallest absolute Gasteiger partial charge is 0.332 e. The van der Waals surface area contributed by atoms with Crippen LogP contribution in [0.15, 0.2) is 34.9 Å². The molecule has 0 bridgehead atoms. The highest BCUT2D eigenvalue weighted by Gasteiger charge is 2.31. The molecule has 8 heteroatoms. The van der Waals surface area contributed by atoms with Crippen LogP contribution in [0.25, 0.3) is 23.0 Å². The minimum atomic E-state index is -4.41. The molecular formula is C15H11F3N4O. The Balaban J connectivity index is 1.64. The first kappa shape index (κ1) is 14.0. The van der Waals surface area contributed by atoms with Gasteiger partial charge in [0.25, 0.3) is 5.89 Å². The fourth-order valence-electron chi connectivity index (χ4n) is 2.33. The zero-order chi connectivity index (χ0) is 16.0. The van der Waals surface area contributed by atoms with E-state index >= 15 is 0 Å². The first-order valence-corrected chi connectivity index (χ1v) is 7.08. The summed E-state index contributed by atoms with van der Waals surface area (Å²) in [6, 6.07) is 6.65. The molecule has 23 heavy (non-hydrogen) atoms. The van der Waals surface area contributed by atoms with E-state index in [9.17, 15) is 13.2 Å². The van der Waals surface area contributed by atoms with Gasteiger partial charge in [0, 0.05) is 17.2 Å². The Hall–Kier alpha value is -2.64. The Labute approximate surface area is 128 Å². The van der Waals surface area contributed by atoms with Crippen LogP contribution in [0.1, 0.15) is 30.0 Å². The summed E-state index contributed by atoms with van der Waals surface area (Å²) in [5, 5.41) is 10.8. The van der Waals surface area contributed by atoms with Crippen LogP contribution in [-0.4, -0.2) is 20.3 Å². The van der Waals surface area contributed by atoms with E-state index in [4.69, 9.17) is 4.52 Å². The molecular weight excluding hydrogens is 309 g/mol. The molecule has 118 valence electrons. The highest BCUT2D eigenvalue weighted by molar-refractivity contribution is 5.59. The second kappa shape index (κ2) is 4.94. The SMILES string of the molecule is FC(F)(F)c1cccc(-c2noc(-c3cc(C4CC4)[nH]n3)n2)c1. The fourth-order valence-corrected chi connectivity index (χ4v) is 2.33. The van der Waals surface area contributed by atoms with Crippen LogP contribution >= 0.6 is 0 Å². The van der Waals surface area contributed by atoms with E-state index in [1.807, 2.05) is 6.07 Å². The van der Waals surface area contributed by atoms with Gasteiger partial charge in [-0.25, -0.2) is 0 Å². The lowest BCUT2D eigenvalue weighted by Crippen LogP contribution is -2.04. The van der Waals surface area contributed by atoms with Gasteiger partial charge in [0.05, 0.1) is 5.56 Å². The predicted molar refractivity (Wildman–Crippen MR) is 74.3 cm³/mol. The number of aromatic amines is 1. The largest absolute Gasteiger partial charge is 0.416 e. The standard InChI is InChI=1S/C15H11F3N4O/c16-15(17,18)10-3-1-2-9(6-10)13-19-14(23-22-13)12-7-11(20-21-12)8-4-5-8/h1-3,6-8H,4-5H2,(H,20,21). The zero-order valence-electron chi connectivity index (χ0n) is 11.8. The molecule has 1 N–H and O–H groups in total. The number of H-pyrrole nitrogens is 1. The van der Waals surface area contributed by atoms with Crippen LogP contribution in [0.2, 0.25) is 0 Å². The molecule has 0 radical (unpaired) electrons. The molecule has 2 aromatic heterocycles. The second-order valence-electron chi connectivity index (χ2n) is 5.48. The van der Waals surface area contributed by atoms with E-state index in [0.29, 0.717) is 11.6 Å². The normalized spacial score (nSPS) is 15.1. The highest BCUT2D eigenvalue weighted by Crippen LogP contribution is 2.40. The molecule has 0 spiro atoms. The van der Waals surface area contributed by atoms with Gasteiger partial charge < -0.3 is 4.52 Å². The van der Waals surface area contributed by atoms with Crippen LogP contribution in [0.5, 0.6) is 0 Å². The molecule has 0 aliphatic heterocycles. The number of rotatable bonds is 3. The Morgan fingerprint density at radius 3 is 2.74 bits per heavy atom. The van der Waals surface area contributed by atoms with Crippen LogP contribution in [0.3, 0.4) is 0 Å². The summed E-state index contributed by atoms with van der Waals surface area (Å²) < 4.78 is 43.4. The van der Waals surface area contributed by atoms with Gasteiger partial charge >= 0.3 is 6.18 Å². The monoisotopic (exact) mass is 320 g/mol. The van der Waals surface area contributed by atoms with E-state index in [-0.39, 0.29) is 17.3 Å². The lowest BCUT2D eigenvalue weighted by molar-refractivity contribution is -0.137. The van der Waals surface area contributed by atoms with Gasteiger partial charge in [-0.15, -0.1) is 0 Å². The Morgan fingerprint density at radius 2 is 2.00 bits per heavy atom. The van der Waals surface area contributed by atoms with Crippen LogP contribution in [0.4, 0.5) is 13.2 Å². The summed E-state index contributed by atoms with van der Waals surface area (Å²) in [6.07, 6.45) is -2.16. The lowest BCUT2D eigenvalue weighted by atomic mass is 10.1. The number of halogens is 3. The van der Waals surface area contributed by atoms with E-state index in [1.54, 1.807) is 0 Å². The molecule has 5 nitrogen and oxygen atoms in total. The fraction of sp³-hybridized carbons (Fsp3) is 0.267. The number of nitrogens with one attached hydrogen (secondary N) is 1. The quantitative estimate of drug-likeness (QED) is 0.791. The van der Waals surface area contributed by atoms with Gasteiger partial charge in [0.1, 0.15) is 0 Å². The van der Waals surface area contributed by atoms with Gasteiger partial charge in [-0.3, -0.25) is 5.10 Å². The molecule has 1 fully saturated rings. The number of hydrogen-bond acceptors (Lipinski definition) is 4. The van der Waals surface area contributed by atoms with Crippen molar-refractivity contribution in [3.63, 3.8) is 0 Å². The van der Waals surface area contributed by atoms with Crippen molar-refractivity contribution in [3.05, 3.63) is 41.6 Å².